The first-order chi connectivity index (χ1) is 25.1. The molecule has 0 unspecified atom stereocenters. The number of Topliss-reactive ketones (excluding diaryl/α,β-unsaturated/α-hetero) is 1. The minimum absolute atomic E-state index is 0.00126. The SMILES string of the molecule is C=C1[C@@H]([C@@](C)([C@H](CC(=O)OC)OC(C)=O)[C@H]2CC(=O)O[C@]2(C)CO)[C@@H](OC=O)[C@H](OC(=O)C[C@@H](O)[C@@H](C)CC)[C@@]2(C)[C@H](C3=CC(=O)O[C@@H]3O)CC(=O)[C@]12O. The van der Waals surface area contributed by atoms with Gasteiger partial charge in [-0.15, -0.1) is 0 Å². The van der Waals surface area contributed by atoms with E-state index in [2.05, 4.69) is 6.58 Å². The lowest BCUT2D eigenvalue weighted by molar-refractivity contribution is -0.239. The van der Waals surface area contributed by atoms with Crippen molar-refractivity contribution in [1.29, 1.82) is 0 Å². The van der Waals surface area contributed by atoms with Crippen molar-refractivity contribution in [3.8, 4) is 0 Å². The number of carbonyl (C=O) groups is 7. The molecule has 0 spiro atoms. The van der Waals surface area contributed by atoms with E-state index >= 15 is 0 Å². The van der Waals surface area contributed by atoms with Gasteiger partial charge in [-0.25, -0.2) is 4.79 Å². The number of methoxy groups -OCH3 is 1. The number of carbonyl (C=O) groups excluding carboxylic acids is 7. The Labute approximate surface area is 311 Å². The molecule has 17 nitrogen and oxygen atoms in total. The average molecular weight is 767 g/mol. The Morgan fingerprint density at radius 2 is 1.80 bits per heavy atom. The molecule has 0 radical (unpaired) electrons. The number of ether oxygens (including phenoxy) is 6. The van der Waals surface area contributed by atoms with E-state index in [9.17, 15) is 54.0 Å². The van der Waals surface area contributed by atoms with E-state index in [0.717, 1.165) is 20.1 Å². The van der Waals surface area contributed by atoms with E-state index in [-0.39, 0.29) is 23.5 Å². The molecule has 1 saturated heterocycles. The molecule has 4 N–H and O–H groups in total. The lowest BCUT2D eigenvalue weighted by Crippen LogP contribution is -2.72. The van der Waals surface area contributed by atoms with E-state index in [1.807, 2.05) is 0 Å². The number of fused-ring (bicyclic) bond motifs is 1. The monoisotopic (exact) mass is 766 g/mol. The van der Waals surface area contributed by atoms with Crippen LogP contribution < -0.4 is 0 Å². The topological polar surface area (TPSA) is 256 Å². The maximum atomic E-state index is 14.4. The molecule has 54 heavy (non-hydrogen) atoms. The van der Waals surface area contributed by atoms with E-state index in [1.54, 1.807) is 13.8 Å². The van der Waals surface area contributed by atoms with Crippen LogP contribution in [0.25, 0.3) is 0 Å². The maximum absolute atomic E-state index is 14.4. The lowest BCUT2D eigenvalue weighted by Gasteiger charge is -2.61. The van der Waals surface area contributed by atoms with Crippen LogP contribution in [-0.2, 0) is 62.0 Å². The first kappa shape index (κ1) is 42.6. The van der Waals surface area contributed by atoms with Crippen LogP contribution in [0.2, 0.25) is 0 Å². The highest BCUT2D eigenvalue weighted by Gasteiger charge is 2.78. The van der Waals surface area contributed by atoms with Gasteiger partial charge in [0.1, 0.15) is 23.9 Å². The molecule has 0 aromatic carbocycles. The maximum Gasteiger partial charge on any atom is 0.333 e. The largest absolute Gasteiger partial charge is 0.469 e. The predicted molar refractivity (Wildman–Crippen MR) is 180 cm³/mol. The molecule has 3 fully saturated rings. The summed E-state index contributed by atoms with van der Waals surface area (Å²) in [7, 11) is 1.07. The van der Waals surface area contributed by atoms with Crippen molar-refractivity contribution in [1.82, 2.24) is 0 Å². The van der Waals surface area contributed by atoms with Gasteiger partial charge in [-0.1, -0.05) is 40.7 Å². The van der Waals surface area contributed by atoms with Gasteiger partial charge in [-0.2, -0.15) is 0 Å². The number of hydrogen-bond donors (Lipinski definition) is 4. The Hall–Kier alpha value is -4.19. The third kappa shape index (κ3) is 6.83. The fourth-order valence-electron chi connectivity index (χ4n) is 9.33. The molecule has 2 heterocycles. The van der Waals surface area contributed by atoms with Crippen molar-refractivity contribution in [3.05, 3.63) is 23.8 Å². The Morgan fingerprint density at radius 3 is 2.31 bits per heavy atom. The van der Waals surface area contributed by atoms with Gasteiger partial charge in [0.05, 0.1) is 44.5 Å². The van der Waals surface area contributed by atoms with Crippen LogP contribution in [0.15, 0.2) is 23.8 Å². The van der Waals surface area contributed by atoms with Crippen LogP contribution in [0.4, 0.5) is 0 Å². The highest BCUT2D eigenvalue weighted by atomic mass is 16.6. The van der Waals surface area contributed by atoms with Gasteiger partial charge in [0, 0.05) is 48.2 Å². The summed E-state index contributed by atoms with van der Waals surface area (Å²) in [6.45, 7) is 12.0. The molecule has 13 atom stereocenters. The van der Waals surface area contributed by atoms with Crippen molar-refractivity contribution >= 4 is 42.1 Å². The van der Waals surface area contributed by atoms with Crippen LogP contribution in [-0.4, -0.2) is 118 Å². The summed E-state index contributed by atoms with van der Waals surface area (Å²) in [4.78, 5) is 91.8. The van der Waals surface area contributed by atoms with E-state index in [0.29, 0.717) is 6.42 Å². The highest BCUT2D eigenvalue weighted by molar-refractivity contribution is 5.96. The summed E-state index contributed by atoms with van der Waals surface area (Å²) in [5, 5.41) is 45.2. The van der Waals surface area contributed by atoms with Crippen molar-refractivity contribution in [2.24, 2.45) is 34.5 Å². The van der Waals surface area contributed by atoms with Gasteiger partial charge < -0.3 is 48.8 Å². The summed E-state index contributed by atoms with van der Waals surface area (Å²) in [5.41, 5.74) is -9.16. The molecule has 0 aromatic heterocycles. The normalized spacial score (nSPS) is 36.1. The minimum Gasteiger partial charge on any atom is -0.469 e. The molecule has 4 aliphatic rings. The standard InChI is InChI=1S/C37H50O17/c1-9-17(2)22(41)12-28(45)52-32-31(50-16-39)30(18(3)37(48)24(42)11-21(36(32,37)7)20-10-27(44)53-33(20)47)35(6,23-13-29(46)54-34(23,5)15-38)25(51-19(4)40)14-26(43)49-8/h10,16-17,21-23,25,30-33,38,41,47-48H,3,9,11-15H2,1-2,4-8H3/t17-,21-,22+,23-,25-,30+,31+,32-,33-,34+,35+,36+,37+/m0/s1. The van der Waals surface area contributed by atoms with Gasteiger partial charge >= 0.3 is 29.8 Å². The van der Waals surface area contributed by atoms with Crippen LogP contribution in [0.3, 0.4) is 0 Å². The van der Waals surface area contributed by atoms with Crippen LogP contribution in [0.1, 0.15) is 73.6 Å². The number of ketones is 1. The Morgan fingerprint density at radius 1 is 1.15 bits per heavy atom. The minimum atomic E-state index is -2.76. The Kier molecular flexibility index (Phi) is 12.2. The molecular formula is C37H50O17. The van der Waals surface area contributed by atoms with E-state index in [1.165, 1.54) is 20.8 Å². The third-order valence-corrected chi connectivity index (χ3v) is 12.5. The number of esters is 5. The van der Waals surface area contributed by atoms with E-state index in [4.69, 9.17) is 28.4 Å². The molecule has 2 saturated carbocycles. The number of hydrogen-bond acceptors (Lipinski definition) is 17. The average Bonchev–Trinajstić information content (AvgIpc) is 3.68. The second-order valence-electron chi connectivity index (χ2n) is 15.3. The van der Waals surface area contributed by atoms with Crippen LogP contribution in [0.5, 0.6) is 0 Å². The number of cyclic esters (lactones) is 2. The second kappa shape index (κ2) is 15.5. The number of aliphatic hydroxyl groups excluding tert-OH is 3. The highest BCUT2D eigenvalue weighted by Crippen LogP contribution is 2.67. The molecular weight excluding hydrogens is 716 g/mol. The predicted octanol–water partition coefficient (Wildman–Crippen LogP) is 0.366. The zero-order valence-corrected chi connectivity index (χ0v) is 31.4. The summed E-state index contributed by atoms with van der Waals surface area (Å²) in [5.74, 6) is -10.2. The third-order valence-electron chi connectivity index (χ3n) is 12.5. The summed E-state index contributed by atoms with van der Waals surface area (Å²) < 4.78 is 33.0. The quantitative estimate of drug-likeness (QED) is 0.0760. The lowest BCUT2D eigenvalue weighted by atomic mass is 9.46. The van der Waals surface area contributed by atoms with Crippen molar-refractivity contribution in [2.75, 3.05) is 13.7 Å². The van der Waals surface area contributed by atoms with Gasteiger partial charge in [0.25, 0.3) is 6.47 Å². The van der Waals surface area contributed by atoms with Crippen molar-refractivity contribution in [2.45, 2.75) is 116 Å². The van der Waals surface area contributed by atoms with Crippen LogP contribution >= 0.6 is 0 Å². The van der Waals surface area contributed by atoms with Gasteiger partial charge in [0.2, 0.25) is 6.29 Å². The molecule has 0 bridgehead atoms. The molecule has 2 aliphatic carbocycles. The zero-order valence-electron chi connectivity index (χ0n) is 31.4. The first-order valence-electron chi connectivity index (χ1n) is 17.7. The van der Waals surface area contributed by atoms with Gasteiger partial charge in [0.15, 0.2) is 11.4 Å². The number of aliphatic hydroxyl groups is 4. The molecule has 0 amide bonds. The van der Waals surface area contributed by atoms with Crippen molar-refractivity contribution < 1.29 is 82.4 Å². The summed E-state index contributed by atoms with van der Waals surface area (Å²) in [6, 6.07) is 0. The van der Waals surface area contributed by atoms with Crippen molar-refractivity contribution in [3.63, 3.8) is 0 Å². The molecule has 2 aliphatic heterocycles. The second-order valence-corrected chi connectivity index (χ2v) is 15.3. The number of rotatable bonds is 15. The van der Waals surface area contributed by atoms with Gasteiger partial charge in [-0.05, 0) is 18.4 Å². The fourth-order valence-corrected chi connectivity index (χ4v) is 9.33. The molecule has 300 valence electrons. The molecule has 0 aromatic rings. The molecule has 4 rings (SSSR count). The summed E-state index contributed by atoms with van der Waals surface area (Å²) >= 11 is 0. The van der Waals surface area contributed by atoms with E-state index < -0.39 is 138 Å². The Bertz CT molecular complexity index is 1600. The smallest absolute Gasteiger partial charge is 0.333 e. The first-order valence-corrected chi connectivity index (χ1v) is 17.7. The van der Waals surface area contributed by atoms with Gasteiger partial charge in [-0.3, -0.25) is 28.8 Å². The Balaban J connectivity index is 2.09. The van der Waals surface area contributed by atoms with Crippen LogP contribution in [0, 0.1) is 34.5 Å². The molecule has 17 heteroatoms. The summed E-state index contributed by atoms with van der Waals surface area (Å²) in [6.07, 6.45) is -9.36. The zero-order chi connectivity index (χ0) is 40.7. The fraction of sp³-hybridized carbons (Fsp3) is 0.703.